The van der Waals surface area contributed by atoms with E-state index in [2.05, 4.69) is 28.2 Å². The molecule has 1 aliphatic carbocycles. The molecule has 0 spiro atoms. The fraction of sp³-hybridized carbons (Fsp3) is 0.333. The second-order valence-electron chi connectivity index (χ2n) is 7.14. The van der Waals surface area contributed by atoms with E-state index in [9.17, 15) is 10.1 Å². The number of hydrogen-bond acceptors (Lipinski definition) is 4. The van der Waals surface area contributed by atoms with E-state index in [0.717, 1.165) is 47.8 Å². The second kappa shape index (κ2) is 9.95. The van der Waals surface area contributed by atoms with Crippen LogP contribution < -0.4 is 10.6 Å². The highest BCUT2D eigenvalue weighted by atomic mass is 16.5. The molecule has 0 aliphatic heterocycles. The number of nitrogens with zero attached hydrogens (tertiary/aromatic N) is 2. The molecule has 0 radical (unpaired) electrons. The lowest BCUT2D eigenvalue weighted by molar-refractivity contribution is 0.0954. The van der Waals surface area contributed by atoms with Crippen molar-refractivity contribution in [3.63, 3.8) is 0 Å². The molecule has 0 bridgehead atoms. The Morgan fingerprint density at radius 2 is 2.03 bits per heavy atom. The Morgan fingerprint density at radius 1 is 1.27 bits per heavy atom. The van der Waals surface area contributed by atoms with Gasteiger partial charge in [0.2, 0.25) is 0 Å². The standard InChI is InChI=1S/C24H28N4O2/c1-4-14-28-22-15-19(30-3)6-5-7-20(22)21(16-25)23(28)17-8-10-18(11-9-17)24(29)27-13-12-26-2/h5-6,8-11,15,26H,4,7,12-14H2,1-3H3,(H,27,29). The Bertz CT molecular complexity index is 1010. The van der Waals surface area contributed by atoms with E-state index in [-0.39, 0.29) is 5.91 Å². The number of rotatable bonds is 8. The number of ether oxygens (including phenoxy) is 1. The number of carbonyl (C=O) groups excluding carboxylic acids is 1. The smallest absolute Gasteiger partial charge is 0.251 e. The lowest BCUT2D eigenvalue weighted by atomic mass is 10.0. The molecular weight excluding hydrogens is 376 g/mol. The number of allylic oxidation sites excluding steroid dienone is 2. The maximum Gasteiger partial charge on any atom is 0.251 e. The molecule has 6 heteroatoms. The van der Waals surface area contributed by atoms with E-state index < -0.39 is 0 Å². The fourth-order valence-electron chi connectivity index (χ4n) is 3.72. The minimum atomic E-state index is -0.102. The van der Waals surface area contributed by atoms with Crippen LogP contribution in [0.5, 0.6) is 0 Å². The highest BCUT2D eigenvalue weighted by Gasteiger charge is 2.23. The lowest BCUT2D eigenvalue weighted by Gasteiger charge is -2.13. The van der Waals surface area contributed by atoms with Crippen LogP contribution in [-0.2, 0) is 17.7 Å². The molecule has 1 amide bonds. The van der Waals surface area contributed by atoms with Gasteiger partial charge in [-0.1, -0.05) is 25.1 Å². The van der Waals surface area contributed by atoms with Crippen molar-refractivity contribution < 1.29 is 9.53 Å². The fourth-order valence-corrected chi connectivity index (χ4v) is 3.72. The third-order valence-corrected chi connectivity index (χ3v) is 5.17. The Labute approximate surface area is 177 Å². The molecule has 1 aliphatic rings. The van der Waals surface area contributed by atoms with Crippen LogP contribution in [0.1, 0.15) is 40.5 Å². The molecule has 0 saturated heterocycles. The van der Waals surface area contributed by atoms with Crippen molar-refractivity contribution in [1.29, 1.82) is 5.26 Å². The highest BCUT2D eigenvalue weighted by molar-refractivity contribution is 5.94. The molecule has 6 nitrogen and oxygen atoms in total. The molecule has 3 rings (SSSR count). The number of aromatic nitrogens is 1. The highest BCUT2D eigenvalue weighted by Crippen LogP contribution is 2.35. The summed E-state index contributed by atoms with van der Waals surface area (Å²) in [6.07, 6.45) is 7.59. The molecule has 0 atom stereocenters. The lowest BCUT2D eigenvalue weighted by Crippen LogP contribution is -2.30. The maximum atomic E-state index is 12.3. The van der Waals surface area contributed by atoms with Gasteiger partial charge < -0.3 is 19.9 Å². The first-order chi connectivity index (χ1) is 14.6. The van der Waals surface area contributed by atoms with Gasteiger partial charge in [-0.3, -0.25) is 4.79 Å². The van der Waals surface area contributed by atoms with Gasteiger partial charge in [0.1, 0.15) is 11.8 Å². The van der Waals surface area contributed by atoms with Crippen LogP contribution in [0.2, 0.25) is 0 Å². The van der Waals surface area contributed by atoms with Crippen molar-refractivity contribution in [3.05, 3.63) is 64.6 Å². The summed E-state index contributed by atoms with van der Waals surface area (Å²) in [5.74, 6) is 0.670. The first-order valence-corrected chi connectivity index (χ1v) is 10.3. The van der Waals surface area contributed by atoms with Crippen molar-refractivity contribution in [2.75, 3.05) is 27.2 Å². The van der Waals surface area contributed by atoms with Crippen LogP contribution in [0.15, 0.2) is 42.2 Å². The van der Waals surface area contributed by atoms with Crippen LogP contribution in [0, 0.1) is 11.3 Å². The van der Waals surface area contributed by atoms with E-state index in [1.165, 1.54) is 0 Å². The Balaban J connectivity index is 2.04. The van der Waals surface area contributed by atoms with E-state index in [1.54, 1.807) is 7.11 Å². The van der Waals surface area contributed by atoms with E-state index in [1.807, 2.05) is 49.5 Å². The summed E-state index contributed by atoms with van der Waals surface area (Å²) in [5.41, 5.74) is 5.14. The molecule has 0 unspecified atom stereocenters. The average molecular weight is 405 g/mol. The number of likely N-dealkylation sites (N-methyl/N-ethyl adjacent to an activating group) is 1. The number of fused-ring (bicyclic) bond motifs is 1. The number of methoxy groups -OCH3 is 1. The molecule has 1 aromatic carbocycles. The van der Waals surface area contributed by atoms with Gasteiger partial charge in [-0.2, -0.15) is 5.26 Å². The van der Waals surface area contributed by atoms with Gasteiger partial charge >= 0.3 is 0 Å². The van der Waals surface area contributed by atoms with Crippen LogP contribution in [0.4, 0.5) is 0 Å². The van der Waals surface area contributed by atoms with Crippen LogP contribution in [-0.4, -0.2) is 37.7 Å². The zero-order chi connectivity index (χ0) is 21.5. The number of nitriles is 1. The topological polar surface area (TPSA) is 79.1 Å². The third-order valence-electron chi connectivity index (χ3n) is 5.17. The molecule has 2 aromatic rings. The van der Waals surface area contributed by atoms with Crippen molar-refractivity contribution >= 4 is 12.0 Å². The zero-order valence-electron chi connectivity index (χ0n) is 17.8. The van der Waals surface area contributed by atoms with Crippen molar-refractivity contribution in [2.45, 2.75) is 26.3 Å². The van der Waals surface area contributed by atoms with E-state index in [0.29, 0.717) is 24.1 Å². The average Bonchev–Trinajstić information content (AvgIpc) is 2.90. The number of benzene rings is 1. The van der Waals surface area contributed by atoms with Gasteiger partial charge in [0, 0.05) is 37.0 Å². The molecular formula is C24H28N4O2. The summed E-state index contributed by atoms with van der Waals surface area (Å²) in [7, 11) is 3.50. The van der Waals surface area contributed by atoms with Crippen molar-refractivity contribution in [1.82, 2.24) is 15.2 Å². The molecule has 156 valence electrons. The monoisotopic (exact) mass is 404 g/mol. The molecule has 0 fully saturated rings. The van der Waals surface area contributed by atoms with Crippen molar-refractivity contribution in [2.24, 2.45) is 0 Å². The number of amides is 1. The van der Waals surface area contributed by atoms with E-state index >= 15 is 0 Å². The van der Waals surface area contributed by atoms with Crippen LogP contribution in [0.3, 0.4) is 0 Å². The number of nitrogens with one attached hydrogen (secondary N) is 2. The second-order valence-corrected chi connectivity index (χ2v) is 7.14. The summed E-state index contributed by atoms with van der Waals surface area (Å²) in [6, 6.07) is 9.90. The van der Waals surface area contributed by atoms with Gasteiger partial charge in [0.05, 0.1) is 18.4 Å². The largest absolute Gasteiger partial charge is 0.497 e. The van der Waals surface area contributed by atoms with E-state index in [4.69, 9.17) is 4.74 Å². The third kappa shape index (κ3) is 4.32. The SMILES string of the molecule is CCCn1c2c(c(C#N)c1-c1ccc(C(=O)NCCNC)cc1)CC=CC(OC)=C2. The van der Waals surface area contributed by atoms with Crippen molar-refractivity contribution in [3.8, 4) is 17.3 Å². The summed E-state index contributed by atoms with van der Waals surface area (Å²) >= 11 is 0. The summed E-state index contributed by atoms with van der Waals surface area (Å²) in [4.78, 5) is 12.3. The van der Waals surface area contributed by atoms with Gasteiger partial charge in [0.25, 0.3) is 5.91 Å². The van der Waals surface area contributed by atoms with Gasteiger partial charge in [-0.05, 0) is 49.2 Å². The van der Waals surface area contributed by atoms with Gasteiger partial charge in [0.15, 0.2) is 0 Å². The van der Waals surface area contributed by atoms with Crippen LogP contribution in [0.25, 0.3) is 17.3 Å². The van der Waals surface area contributed by atoms with Gasteiger partial charge in [-0.25, -0.2) is 0 Å². The minimum absolute atomic E-state index is 0.102. The number of hydrogen-bond donors (Lipinski definition) is 2. The summed E-state index contributed by atoms with van der Waals surface area (Å²) in [6.45, 7) is 4.20. The van der Waals surface area contributed by atoms with Gasteiger partial charge in [-0.15, -0.1) is 0 Å². The Hall–Kier alpha value is -3.30. The molecule has 0 saturated carbocycles. The Morgan fingerprint density at radius 3 is 2.67 bits per heavy atom. The maximum absolute atomic E-state index is 12.3. The molecule has 2 N–H and O–H groups in total. The quantitative estimate of drug-likeness (QED) is 0.660. The Kier molecular flexibility index (Phi) is 7.10. The predicted octanol–water partition coefficient (Wildman–Crippen LogP) is 3.49. The normalized spacial score (nSPS) is 12.5. The minimum Gasteiger partial charge on any atom is -0.497 e. The first-order valence-electron chi connectivity index (χ1n) is 10.3. The summed E-state index contributed by atoms with van der Waals surface area (Å²) < 4.78 is 7.66. The molecule has 1 heterocycles. The predicted molar refractivity (Wildman–Crippen MR) is 119 cm³/mol. The first kappa shape index (κ1) is 21.4. The number of carbonyl (C=O) groups is 1. The zero-order valence-corrected chi connectivity index (χ0v) is 17.8. The molecule has 1 aromatic heterocycles. The molecule has 30 heavy (non-hydrogen) atoms. The summed E-state index contributed by atoms with van der Waals surface area (Å²) in [5, 5.41) is 15.9. The van der Waals surface area contributed by atoms with Crippen LogP contribution >= 0.6 is 0 Å².